The molecule has 142 valence electrons. The Morgan fingerprint density at radius 2 is 1.81 bits per heavy atom. The molecule has 3 nitrogen and oxygen atoms in total. The second kappa shape index (κ2) is 8.41. The summed E-state index contributed by atoms with van der Waals surface area (Å²) < 4.78 is 0. The molecule has 1 saturated heterocycles. The molecule has 1 fully saturated rings. The summed E-state index contributed by atoms with van der Waals surface area (Å²) in [6.07, 6.45) is 3.29. The maximum absolute atomic E-state index is 3.32. The number of piperazine rings is 1. The Morgan fingerprint density at radius 1 is 0.963 bits per heavy atom. The molecule has 0 unspecified atom stereocenters. The average Bonchev–Trinajstić information content (AvgIpc) is 3.17. The van der Waals surface area contributed by atoms with Gasteiger partial charge in [0.15, 0.2) is 0 Å². The van der Waals surface area contributed by atoms with Crippen LogP contribution in [0.25, 0.3) is 10.9 Å². The topological polar surface area (TPSA) is 22.3 Å². The van der Waals surface area contributed by atoms with E-state index in [1.165, 1.54) is 51.3 Å². The van der Waals surface area contributed by atoms with Crippen molar-refractivity contribution in [2.24, 2.45) is 0 Å². The summed E-state index contributed by atoms with van der Waals surface area (Å²) in [5.41, 5.74) is 5.39. The quantitative estimate of drug-likeness (QED) is 0.476. The van der Waals surface area contributed by atoms with Crippen LogP contribution >= 0.6 is 11.8 Å². The van der Waals surface area contributed by atoms with Crippen LogP contribution in [0.15, 0.2) is 53.6 Å². The van der Waals surface area contributed by atoms with Crippen LogP contribution in [0.5, 0.6) is 0 Å². The van der Waals surface area contributed by atoms with Crippen molar-refractivity contribution in [3.8, 4) is 0 Å². The highest BCUT2D eigenvalue weighted by molar-refractivity contribution is 7.99. The fourth-order valence-corrected chi connectivity index (χ4v) is 4.77. The maximum atomic E-state index is 3.32. The van der Waals surface area contributed by atoms with Crippen molar-refractivity contribution >= 4 is 28.4 Å². The van der Waals surface area contributed by atoms with Gasteiger partial charge in [0.05, 0.1) is 0 Å². The van der Waals surface area contributed by atoms with E-state index in [0.29, 0.717) is 0 Å². The molecule has 0 bridgehead atoms. The Bertz CT molecular complexity index is 894. The molecule has 1 aliphatic heterocycles. The van der Waals surface area contributed by atoms with Crippen LogP contribution in [-0.4, -0.2) is 48.4 Å². The van der Waals surface area contributed by atoms with E-state index >= 15 is 0 Å². The number of aromatic nitrogens is 1. The Labute approximate surface area is 166 Å². The molecule has 0 spiro atoms. The van der Waals surface area contributed by atoms with Gasteiger partial charge in [0, 0.05) is 53.9 Å². The van der Waals surface area contributed by atoms with Gasteiger partial charge in [0.2, 0.25) is 0 Å². The van der Waals surface area contributed by atoms with Gasteiger partial charge in [0.25, 0.3) is 0 Å². The molecule has 4 rings (SSSR count). The number of nitrogens with zero attached hydrogens (tertiary/aromatic N) is 2. The predicted molar refractivity (Wildman–Crippen MR) is 118 cm³/mol. The SMILES string of the molecule is Cc1ccc(SCCCN2CCN(c3cccc4[nH]ccc34)CC2)cc1C. The Hall–Kier alpha value is -1.91. The van der Waals surface area contributed by atoms with Crippen molar-refractivity contribution in [3.63, 3.8) is 0 Å². The van der Waals surface area contributed by atoms with Gasteiger partial charge in [-0.05, 0) is 74.0 Å². The van der Waals surface area contributed by atoms with Gasteiger partial charge >= 0.3 is 0 Å². The molecule has 1 N–H and O–H groups in total. The van der Waals surface area contributed by atoms with Crippen molar-refractivity contribution in [3.05, 3.63) is 59.8 Å². The minimum absolute atomic E-state index is 1.12. The molecule has 1 aromatic heterocycles. The third-order valence-electron chi connectivity index (χ3n) is 5.65. The van der Waals surface area contributed by atoms with Crippen LogP contribution in [-0.2, 0) is 0 Å². The van der Waals surface area contributed by atoms with Gasteiger partial charge in [-0.25, -0.2) is 0 Å². The van der Waals surface area contributed by atoms with Gasteiger partial charge in [-0.2, -0.15) is 0 Å². The second-order valence-electron chi connectivity index (χ2n) is 7.49. The standard InChI is InChI=1S/C23H29N3S/c1-18-7-8-20(17-19(18)2)27-16-4-11-25-12-14-26(15-13-25)23-6-3-5-22-21(23)9-10-24-22/h3,5-10,17,24H,4,11-16H2,1-2H3. The number of fused-ring (bicyclic) bond motifs is 1. The van der Waals surface area contributed by atoms with E-state index in [9.17, 15) is 0 Å². The molecule has 1 aliphatic rings. The number of benzene rings is 2. The molecule has 0 saturated carbocycles. The average molecular weight is 380 g/mol. The zero-order valence-electron chi connectivity index (χ0n) is 16.4. The molecule has 2 aromatic carbocycles. The highest BCUT2D eigenvalue weighted by Crippen LogP contribution is 2.27. The van der Waals surface area contributed by atoms with Gasteiger partial charge in [-0.3, -0.25) is 4.90 Å². The minimum Gasteiger partial charge on any atom is -0.368 e. The molecule has 0 radical (unpaired) electrons. The third kappa shape index (κ3) is 4.33. The van der Waals surface area contributed by atoms with E-state index < -0.39 is 0 Å². The van der Waals surface area contributed by atoms with Crippen molar-refractivity contribution < 1.29 is 0 Å². The fraction of sp³-hybridized carbons (Fsp3) is 0.391. The van der Waals surface area contributed by atoms with Crippen LogP contribution in [0.1, 0.15) is 17.5 Å². The molecule has 3 aromatic rings. The summed E-state index contributed by atoms with van der Waals surface area (Å²) in [5, 5.41) is 1.34. The van der Waals surface area contributed by atoms with Gasteiger partial charge in [0.1, 0.15) is 0 Å². The lowest BCUT2D eigenvalue weighted by Gasteiger charge is -2.36. The Kier molecular flexibility index (Phi) is 5.74. The number of H-pyrrole nitrogens is 1. The lowest BCUT2D eigenvalue weighted by molar-refractivity contribution is 0.259. The maximum Gasteiger partial charge on any atom is 0.0474 e. The van der Waals surface area contributed by atoms with E-state index in [2.05, 4.69) is 71.1 Å². The molecule has 2 heterocycles. The summed E-state index contributed by atoms with van der Waals surface area (Å²) in [7, 11) is 0. The van der Waals surface area contributed by atoms with Crippen LogP contribution < -0.4 is 4.90 Å². The van der Waals surface area contributed by atoms with E-state index in [0.717, 1.165) is 26.2 Å². The number of anilines is 1. The number of rotatable bonds is 6. The summed E-state index contributed by atoms with van der Waals surface area (Å²) >= 11 is 1.99. The summed E-state index contributed by atoms with van der Waals surface area (Å²) in [4.78, 5) is 9.89. The molecule has 0 atom stereocenters. The second-order valence-corrected chi connectivity index (χ2v) is 8.66. The van der Waals surface area contributed by atoms with Crippen LogP contribution in [0.2, 0.25) is 0 Å². The fourth-order valence-electron chi connectivity index (χ4n) is 3.84. The first-order valence-corrected chi connectivity index (χ1v) is 10.9. The van der Waals surface area contributed by atoms with Gasteiger partial charge in [-0.15, -0.1) is 11.8 Å². The first-order chi connectivity index (χ1) is 13.2. The van der Waals surface area contributed by atoms with Crippen molar-refractivity contribution in [1.29, 1.82) is 0 Å². The van der Waals surface area contributed by atoms with Crippen LogP contribution in [0, 0.1) is 13.8 Å². The van der Waals surface area contributed by atoms with Crippen molar-refractivity contribution in [2.75, 3.05) is 43.4 Å². The smallest absolute Gasteiger partial charge is 0.0474 e. The Balaban J connectivity index is 1.23. The summed E-state index contributed by atoms with van der Waals surface area (Å²) in [6, 6.07) is 15.6. The lowest BCUT2D eigenvalue weighted by Crippen LogP contribution is -2.46. The molecule has 0 aliphatic carbocycles. The molecular weight excluding hydrogens is 350 g/mol. The largest absolute Gasteiger partial charge is 0.368 e. The van der Waals surface area contributed by atoms with Gasteiger partial charge < -0.3 is 9.88 Å². The predicted octanol–water partition coefficient (Wildman–Crippen LogP) is 5.09. The zero-order chi connectivity index (χ0) is 18.6. The zero-order valence-corrected chi connectivity index (χ0v) is 17.2. The van der Waals surface area contributed by atoms with E-state index in [1.54, 1.807) is 0 Å². The number of hydrogen-bond acceptors (Lipinski definition) is 3. The minimum atomic E-state index is 1.12. The number of hydrogen-bond donors (Lipinski definition) is 1. The van der Waals surface area contributed by atoms with Gasteiger partial charge in [-0.1, -0.05) is 12.1 Å². The molecule has 0 amide bonds. The third-order valence-corrected chi connectivity index (χ3v) is 6.73. The first kappa shape index (κ1) is 18.5. The summed E-state index contributed by atoms with van der Waals surface area (Å²) in [6.45, 7) is 10.2. The summed E-state index contributed by atoms with van der Waals surface area (Å²) in [5.74, 6) is 1.20. The number of aryl methyl sites for hydroxylation is 2. The number of thioether (sulfide) groups is 1. The van der Waals surface area contributed by atoms with Crippen molar-refractivity contribution in [2.45, 2.75) is 25.2 Å². The Morgan fingerprint density at radius 3 is 2.63 bits per heavy atom. The highest BCUT2D eigenvalue weighted by atomic mass is 32.2. The molecular formula is C23H29N3S. The molecule has 27 heavy (non-hydrogen) atoms. The van der Waals surface area contributed by atoms with Crippen LogP contribution in [0.3, 0.4) is 0 Å². The number of aromatic amines is 1. The highest BCUT2D eigenvalue weighted by Gasteiger charge is 2.18. The normalized spacial score (nSPS) is 15.6. The van der Waals surface area contributed by atoms with Crippen molar-refractivity contribution in [1.82, 2.24) is 9.88 Å². The van der Waals surface area contributed by atoms with Crippen LogP contribution in [0.4, 0.5) is 5.69 Å². The van der Waals surface area contributed by atoms with E-state index in [1.807, 2.05) is 18.0 Å². The van der Waals surface area contributed by atoms with E-state index in [4.69, 9.17) is 0 Å². The van der Waals surface area contributed by atoms with E-state index in [-0.39, 0.29) is 0 Å². The molecule has 4 heteroatoms. The monoisotopic (exact) mass is 379 g/mol. The lowest BCUT2D eigenvalue weighted by atomic mass is 10.1. The first-order valence-electron chi connectivity index (χ1n) is 9.94. The number of nitrogens with one attached hydrogen (secondary N) is 1.